The second-order valence-corrected chi connectivity index (χ2v) is 6.36. The van der Waals surface area contributed by atoms with Crippen LogP contribution in [0.2, 0.25) is 0 Å². The van der Waals surface area contributed by atoms with E-state index in [1.165, 1.54) is 12.8 Å². The number of hydrogen-bond acceptors (Lipinski definition) is 2. The van der Waals surface area contributed by atoms with Crippen LogP contribution in [0.5, 0.6) is 0 Å². The van der Waals surface area contributed by atoms with E-state index in [2.05, 4.69) is 31.8 Å². The van der Waals surface area contributed by atoms with Crippen LogP contribution in [0, 0.1) is 5.41 Å². The first-order valence-electron chi connectivity index (χ1n) is 6.55. The number of amides is 1. The molecule has 0 aromatic heterocycles. The van der Waals surface area contributed by atoms with Gasteiger partial charge in [-0.05, 0) is 36.0 Å². The molecule has 2 nitrogen and oxygen atoms in total. The molecule has 0 saturated heterocycles. The first kappa shape index (κ1) is 13.5. The van der Waals surface area contributed by atoms with Crippen LogP contribution < -0.4 is 5.32 Å². The van der Waals surface area contributed by atoms with Gasteiger partial charge in [-0.25, -0.2) is 0 Å². The molecular formula is C15H21NOS. The Balaban J connectivity index is 1.91. The molecule has 1 atom stereocenters. The Morgan fingerprint density at radius 2 is 2.06 bits per heavy atom. The Hall–Kier alpha value is -0.960. The van der Waals surface area contributed by atoms with Gasteiger partial charge in [0.15, 0.2) is 0 Å². The minimum atomic E-state index is 0.127. The summed E-state index contributed by atoms with van der Waals surface area (Å²) in [6, 6.07) is 8.09. The highest BCUT2D eigenvalue weighted by atomic mass is 32.1. The molecule has 0 spiro atoms. The highest BCUT2D eigenvalue weighted by Gasteiger charge is 2.35. The van der Waals surface area contributed by atoms with Crippen LogP contribution in [0.15, 0.2) is 29.2 Å². The van der Waals surface area contributed by atoms with Crippen molar-refractivity contribution < 1.29 is 4.79 Å². The molecule has 1 amide bonds. The van der Waals surface area contributed by atoms with Crippen molar-refractivity contribution in [2.75, 3.05) is 0 Å². The summed E-state index contributed by atoms with van der Waals surface area (Å²) in [5, 5.41) is 3.17. The molecule has 0 bridgehead atoms. The van der Waals surface area contributed by atoms with Crippen molar-refractivity contribution in [3.63, 3.8) is 0 Å². The Labute approximate surface area is 115 Å². The van der Waals surface area contributed by atoms with Gasteiger partial charge in [-0.2, -0.15) is 0 Å². The molecule has 0 heterocycles. The predicted octanol–water partition coefficient (Wildman–Crippen LogP) is 3.21. The van der Waals surface area contributed by atoms with Crippen LogP contribution in [0.3, 0.4) is 0 Å². The first-order valence-corrected chi connectivity index (χ1v) is 6.99. The average molecular weight is 263 g/mol. The van der Waals surface area contributed by atoms with Crippen molar-refractivity contribution in [3.8, 4) is 0 Å². The molecule has 0 radical (unpaired) electrons. The van der Waals surface area contributed by atoms with Crippen LogP contribution >= 0.6 is 12.6 Å². The van der Waals surface area contributed by atoms with Crippen molar-refractivity contribution in [2.24, 2.45) is 5.41 Å². The summed E-state index contributed by atoms with van der Waals surface area (Å²) in [5.74, 6) is 0.127. The van der Waals surface area contributed by atoms with Gasteiger partial charge in [-0.1, -0.05) is 32.4 Å². The number of rotatable bonds is 3. The van der Waals surface area contributed by atoms with E-state index in [4.69, 9.17) is 0 Å². The molecule has 1 aliphatic carbocycles. The molecule has 1 fully saturated rings. The molecule has 98 valence electrons. The molecule has 18 heavy (non-hydrogen) atoms. The summed E-state index contributed by atoms with van der Waals surface area (Å²) in [7, 11) is 0. The van der Waals surface area contributed by atoms with Crippen LogP contribution in [-0.2, 0) is 11.2 Å². The van der Waals surface area contributed by atoms with Gasteiger partial charge in [0.25, 0.3) is 0 Å². The first-order chi connectivity index (χ1) is 8.47. The Bertz CT molecular complexity index is 425. The lowest BCUT2D eigenvalue weighted by atomic mass is 9.87. The molecule has 1 saturated carbocycles. The summed E-state index contributed by atoms with van der Waals surface area (Å²) in [6.45, 7) is 4.47. The summed E-state index contributed by atoms with van der Waals surface area (Å²) in [5.41, 5.74) is 1.28. The lowest BCUT2D eigenvalue weighted by molar-refractivity contribution is -0.121. The predicted molar refractivity (Wildman–Crippen MR) is 77.0 cm³/mol. The molecule has 3 heteroatoms. The van der Waals surface area contributed by atoms with E-state index >= 15 is 0 Å². The SMILES string of the molecule is CC1(C)CCCC1NC(=O)Cc1ccc(S)cc1. The maximum Gasteiger partial charge on any atom is 0.224 e. The highest BCUT2D eigenvalue weighted by molar-refractivity contribution is 7.80. The Kier molecular flexibility index (Phi) is 4.00. The van der Waals surface area contributed by atoms with Crippen LogP contribution in [0.25, 0.3) is 0 Å². The molecule has 1 aliphatic rings. The van der Waals surface area contributed by atoms with E-state index in [0.29, 0.717) is 12.5 Å². The molecule has 1 unspecified atom stereocenters. The van der Waals surface area contributed by atoms with Crippen molar-refractivity contribution in [1.29, 1.82) is 0 Å². The van der Waals surface area contributed by atoms with Gasteiger partial charge in [0.2, 0.25) is 5.91 Å². The maximum absolute atomic E-state index is 12.0. The van der Waals surface area contributed by atoms with E-state index in [-0.39, 0.29) is 11.3 Å². The number of hydrogen-bond donors (Lipinski definition) is 2. The van der Waals surface area contributed by atoms with Crippen LogP contribution in [0.1, 0.15) is 38.7 Å². The lowest BCUT2D eigenvalue weighted by Gasteiger charge is -2.27. The maximum atomic E-state index is 12.0. The van der Waals surface area contributed by atoms with Gasteiger partial charge in [0.05, 0.1) is 6.42 Å². The smallest absolute Gasteiger partial charge is 0.224 e. The Morgan fingerprint density at radius 1 is 1.39 bits per heavy atom. The minimum absolute atomic E-state index is 0.127. The number of benzene rings is 1. The van der Waals surface area contributed by atoms with Crippen molar-refractivity contribution >= 4 is 18.5 Å². The number of carbonyl (C=O) groups is 1. The third-order valence-electron chi connectivity index (χ3n) is 3.89. The molecular weight excluding hydrogens is 242 g/mol. The second-order valence-electron chi connectivity index (χ2n) is 5.84. The lowest BCUT2D eigenvalue weighted by Crippen LogP contribution is -2.42. The zero-order valence-electron chi connectivity index (χ0n) is 11.1. The summed E-state index contributed by atoms with van der Waals surface area (Å²) < 4.78 is 0. The van der Waals surface area contributed by atoms with E-state index in [1.54, 1.807) is 0 Å². The standard InChI is InChI=1S/C15H21NOS/c1-15(2)9-3-4-13(15)16-14(17)10-11-5-7-12(18)8-6-11/h5-8,13,18H,3-4,9-10H2,1-2H3,(H,16,17). The van der Waals surface area contributed by atoms with Gasteiger partial charge in [0, 0.05) is 10.9 Å². The molecule has 1 N–H and O–H groups in total. The minimum Gasteiger partial charge on any atom is -0.353 e. The fourth-order valence-corrected chi connectivity index (χ4v) is 2.79. The van der Waals surface area contributed by atoms with Gasteiger partial charge >= 0.3 is 0 Å². The normalized spacial score (nSPS) is 21.8. The fraction of sp³-hybridized carbons (Fsp3) is 0.533. The summed E-state index contributed by atoms with van der Waals surface area (Å²) in [4.78, 5) is 12.9. The fourth-order valence-electron chi connectivity index (χ4n) is 2.64. The zero-order valence-corrected chi connectivity index (χ0v) is 12.0. The number of thiol groups is 1. The molecule has 1 aromatic rings. The summed E-state index contributed by atoms with van der Waals surface area (Å²) in [6.07, 6.45) is 3.98. The van der Waals surface area contributed by atoms with E-state index < -0.39 is 0 Å². The largest absolute Gasteiger partial charge is 0.353 e. The quantitative estimate of drug-likeness (QED) is 0.806. The topological polar surface area (TPSA) is 29.1 Å². The third kappa shape index (κ3) is 3.29. The molecule has 1 aromatic carbocycles. The van der Waals surface area contributed by atoms with Gasteiger partial charge in [-0.3, -0.25) is 4.79 Å². The number of nitrogens with one attached hydrogen (secondary N) is 1. The van der Waals surface area contributed by atoms with Crippen LogP contribution in [-0.4, -0.2) is 11.9 Å². The summed E-state index contributed by atoms with van der Waals surface area (Å²) >= 11 is 4.24. The highest BCUT2D eigenvalue weighted by Crippen LogP contribution is 2.37. The third-order valence-corrected chi connectivity index (χ3v) is 4.19. The van der Waals surface area contributed by atoms with E-state index in [9.17, 15) is 4.79 Å². The number of carbonyl (C=O) groups excluding carboxylic acids is 1. The second kappa shape index (κ2) is 5.35. The van der Waals surface area contributed by atoms with Gasteiger partial charge in [-0.15, -0.1) is 12.6 Å². The van der Waals surface area contributed by atoms with Gasteiger partial charge < -0.3 is 5.32 Å². The average Bonchev–Trinajstić information content (AvgIpc) is 2.62. The zero-order chi connectivity index (χ0) is 13.2. The molecule has 0 aliphatic heterocycles. The molecule has 2 rings (SSSR count). The van der Waals surface area contributed by atoms with Crippen molar-refractivity contribution in [1.82, 2.24) is 5.32 Å². The van der Waals surface area contributed by atoms with Crippen LogP contribution in [0.4, 0.5) is 0 Å². The van der Waals surface area contributed by atoms with E-state index in [1.807, 2.05) is 24.3 Å². The monoisotopic (exact) mass is 263 g/mol. The Morgan fingerprint density at radius 3 is 2.61 bits per heavy atom. The van der Waals surface area contributed by atoms with E-state index in [0.717, 1.165) is 16.9 Å². The van der Waals surface area contributed by atoms with Gasteiger partial charge in [0.1, 0.15) is 0 Å². The van der Waals surface area contributed by atoms with Crippen molar-refractivity contribution in [2.45, 2.75) is 50.5 Å². The van der Waals surface area contributed by atoms with Crippen molar-refractivity contribution in [3.05, 3.63) is 29.8 Å².